The maximum atomic E-state index is 11.5. The summed E-state index contributed by atoms with van der Waals surface area (Å²) < 4.78 is 10.5. The number of ether oxygens (including phenoxy) is 1. The van der Waals surface area contributed by atoms with E-state index < -0.39 is 11.4 Å². The van der Waals surface area contributed by atoms with E-state index in [1.165, 1.54) is 0 Å². The summed E-state index contributed by atoms with van der Waals surface area (Å²) in [5.41, 5.74) is 1.23. The van der Waals surface area contributed by atoms with Crippen LogP contribution in [-0.4, -0.2) is 47.4 Å². The molecule has 6 heteroatoms. The third-order valence-corrected chi connectivity index (χ3v) is 4.43. The number of fused-ring (bicyclic) bond motifs is 1. The first-order valence-electron chi connectivity index (χ1n) is 6.48. The number of likely N-dealkylation sites (tertiary alicyclic amines) is 1. The molecular formula is C13H18N2O4. The number of carboxylic acids is 1. The molecular weight excluding hydrogens is 248 g/mol. The molecule has 0 spiro atoms. The summed E-state index contributed by atoms with van der Waals surface area (Å²) in [5.74, 6) is 0.164. The second-order valence-electron chi connectivity index (χ2n) is 5.65. The summed E-state index contributed by atoms with van der Waals surface area (Å²) >= 11 is 0. The Bertz CT molecular complexity index is 493. The van der Waals surface area contributed by atoms with E-state index in [1.54, 1.807) is 0 Å². The van der Waals surface area contributed by atoms with E-state index in [9.17, 15) is 9.90 Å². The van der Waals surface area contributed by atoms with Gasteiger partial charge in [-0.05, 0) is 13.8 Å². The zero-order valence-corrected chi connectivity index (χ0v) is 11.2. The zero-order chi connectivity index (χ0) is 13.6. The van der Waals surface area contributed by atoms with E-state index in [0.29, 0.717) is 26.3 Å². The number of aromatic nitrogens is 1. The summed E-state index contributed by atoms with van der Waals surface area (Å²) in [6.07, 6.45) is 0. The molecule has 0 unspecified atom stereocenters. The van der Waals surface area contributed by atoms with Crippen molar-refractivity contribution in [2.45, 2.75) is 20.4 Å². The third kappa shape index (κ3) is 1.86. The number of aryl methyl sites for hydroxylation is 2. The van der Waals surface area contributed by atoms with Gasteiger partial charge in [0, 0.05) is 31.1 Å². The van der Waals surface area contributed by atoms with Crippen molar-refractivity contribution in [2.75, 3.05) is 26.3 Å². The Labute approximate surface area is 111 Å². The van der Waals surface area contributed by atoms with Crippen molar-refractivity contribution in [1.82, 2.24) is 10.1 Å². The molecule has 19 heavy (non-hydrogen) atoms. The van der Waals surface area contributed by atoms with Crippen LogP contribution in [-0.2, 0) is 16.1 Å². The molecule has 3 heterocycles. The van der Waals surface area contributed by atoms with Gasteiger partial charge in [0.15, 0.2) is 0 Å². The number of aliphatic carboxylic acids is 1. The van der Waals surface area contributed by atoms with Crippen LogP contribution in [0.15, 0.2) is 4.52 Å². The SMILES string of the molecule is Cc1noc(C)c1CN1C[C@@H]2COC[C@]2(C(=O)O)C1. The van der Waals surface area contributed by atoms with Crippen LogP contribution in [0.2, 0.25) is 0 Å². The molecule has 3 rings (SSSR count). The van der Waals surface area contributed by atoms with E-state index in [-0.39, 0.29) is 5.92 Å². The zero-order valence-electron chi connectivity index (χ0n) is 11.2. The van der Waals surface area contributed by atoms with Crippen molar-refractivity contribution < 1.29 is 19.2 Å². The maximum absolute atomic E-state index is 11.5. The summed E-state index contributed by atoms with van der Waals surface area (Å²) in [4.78, 5) is 13.7. The van der Waals surface area contributed by atoms with E-state index in [2.05, 4.69) is 10.1 Å². The molecule has 0 aliphatic carbocycles. The Kier molecular flexibility index (Phi) is 2.87. The summed E-state index contributed by atoms with van der Waals surface area (Å²) in [7, 11) is 0. The van der Waals surface area contributed by atoms with Gasteiger partial charge in [0.1, 0.15) is 11.2 Å². The number of nitrogens with zero attached hydrogens (tertiary/aromatic N) is 2. The van der Waals surface area contributed by atoms with Gasteiger partial charge < -0.3 is 14.4 Å². The van der Waals surface area contributed by atoms with Gasteiger partial charge in [-0.1, -0.05) is 5.16 Å². The Hall–Kier alpha value is -1.40. The highest BCUT2D eigenvalue weighted by Gasteiger charge is 2.56. The number of hydrogen-bond acceptors (Lipinski definition) is 5. The molecule has 2 aliphatic heterocycles. The highest BCUT2D eigenvalue weighted by molar-refractivity contribution is 5.76. The lowest BCUT2D eigenvalue weighted by atomic mass is 9.81. The molecule has 0 aromatic carbocycles. The molecule has 1 aromatic heterocycles. The van der Waals surface area contributed by atoms with Gasteiger partial charge in [0.25, 0.3) is 0 Å². The second-order valence-corrected chi connectivity index (χ2v) is 5.65. The van der Waals surface area contributed by atoms with Gasteiger partial charge in [-0.3, -0.25) is 9.69 Å². The highest BCUT2D eigenvalue weighted by atomic mass is 16.5. The van der Waals surface area contributed by atoms with Crippen molar-refractivity contribution in [2.24, 2.45) is 11.3 Å². The number of carboxylic acid groups (broad SMARTS) is 1. The number of rotatable bonds is 3. The van der Waals surface area contributed by atoms with Gasteiger partial charge >= 0.3 is 5.97 Å². The minimum absolute atomic E-state index is 0.0884. The second kappa shape index (κ2) is 4.31. The highest BCUT2D eigenvalue weighted by Crippen LogP contribution is 2.42. The molecule has 1 aromatic rings. The van der Waals surface area contributed by atoms with Crippen LogP contribution in [0.1, 0.15) is 17.0 Å². The van der Waals surface area contributed by atoms with Gasteiger partial charge in [0.05, 0.1) is 18.9 Å². The Morgan fingerprint density at radius 2 is 2.37 bits per heavy atom. The molecule has 2 atom stereocenters. The van der Waals surface area contributed by atoms with Gasteiger partial charge in [-0.15, -0.1) is 0 Å². The van der Waals surface area contributed by atoms with Crippen molar-refractivity contribution in [3.63, 3.8) is 0 Å². The normalized spacial score (nSPS) is 30.7. The first-order chi connectivity index (χ1) is 9.03. The van der Waals surface area contributed by atoms with Gasteiger partial charge in [-0.2, -0.15) is 0 Å². The average molecular weight is 266 g/mol. The van der Waals surface area contributed by atoms with Crippen molar-refractivity contribution in [1.29, 1.82) is 0 Å². The van der Waals surface area contributed by atoms with E-state index in [4.69, 9.17) is 9.26 Å². The van der Waals surface area contributed by atoms with Crippen LogP contribution < -0.4 is 0 Å². The van der Waals surface area contributed by atoms with Gasteiger partial charge in [-0.25, -0.2) is 0 Å². The molecule has 6 nitrogen and oxygen atoms in total. The lowest BCUT2D eigenvalue weighted by molar-refractivity contribution is -0.149. The van der Waals surface area contributed by atoms with Crippen LogP contribution in [0, 0.1) is 25.2 Å². The number of carbonyl (C=O) groups is 1. The lowest BCUT2D eigenvalue weighted by Crippen LogP contribution is -2.38. The predicted octanol–water partition coefficient (Wildman–Crippen LogP) is 0.824. The maximum Gasteiger partial charge on any atom is 0.313 e. The first kappa shape index (κ1) is 12.6. The summed E-state index contributed by atoms with van der Waals surface area (Å²) in [5, 5.41) is 13.4. The summed E-state index contributed by atoms with van der Waals surface area (Å²) in [6, 6.07) is 0. The van der Waals surface area contributed by atoms with Crippen molar-refractivity contribution in [3.05, 3.63) is 17.0 Å². The minimum atomic E-state index is -0.740. The molecule has 104 valence electrons. The fraction of sp³-hybridized carbons (Fsp3) is 0.692. The van der Waals surface area contributed by atoms with Crippen molar-refractivity contribution in [3.8, 4) is 0 Å². The fourth-order valence-corrected chi connectivity index (χ4v) is 3.21. The monoisotopic (exact) mass is 266 g/mol. The van der Waals surface area contributed by atoms with Crippen LogP contribution in [0.25, 0.3) is 0 Å². The van der Waals surface area contributed by atoms with Crippen molar-refractivity contribution >= 4 is 5.97 Å². The smallest absolute Gasteiger partial charge is 0.313 e. The summed E-state index contributed by atoms with van der Waals surface area (Å²) in [6.45, 7) is 6.68. The largest absolute Gasteiger partial charge is 0.481 e. The topological polar surface area (TPSA) is 75.8 Å². The van der Waals surface area contributed by atoms with Crippen LogP contribution in [0.4, 0.5) is 0 Å². The molecule has 2 aliphatic rings. The molecule has 0 bridgehead atoms. The molecule has 2 fully saturated rings. The van der Waals surface area contributed by atoms with E-state index >= 15 is 0 Å². The lowest BCUT2D eigenvalue weighted by Gasteiger charge is -2.21. The third-order valence-electron chi connectivity index (χ3n) is 4.43. The van der Waals surface area contributed by atoms with Crippen LogP contribution in [0.3, 0.4) is 0 Å². The minimum Gasteiger partial charge on any atom is -0.481 e. The fourth-order valence-electron chi connectivity index (χ4n) is 3.21. The quantitative estimate of drug-likeness (QED) is 0.873. The van der Waals surface area contributed by atoms with E-state index in [0.717, 1.165) is 23.6 Å². The first-order valence-corrected chi connectivity index (χ1v) is 6.48. The van der Waals surface area contributed by atoms with E-state index in [1.807, 2.05) is 13.8 Å². The number of hydrogen-bond donors (Lipinski definition) is 1. The predicted molar refractivity (Wildman–Crippen MR) is 65.6 cm³/mol. The Balaban J connectivity index is 1.78. The standard InChI is InChI=1S/C13H18N2O4/c1-8-11(9(2)19-14-8)4-15-3-10-5-18-7-13(10,6-15)12(16)17/h10H,3-7H2,1-2H3,(H,16,17)/t10-,13-/m1/s1. The average Bonchev–Trinajstić information content (AvgIpc) is 2.97. The van der Waals surface area contributed by atoms with Crippen LogP contribution >= 0.6 is 0 Å². The van der Waals surface area contributed by atoms with Crippen LogP contribution in [0.5, 0.6) is 0 Å². The molecule has 1 N–H and O–H groups in total. The molecule has 0 saturated carbocycles. The Morgan fingerprint density at radius 1 is 1.58 bits per heavy atom. The molecule has 2 saturated heterocycles. The van der Waals surface area contributed by atoms with Gasteiger partial charge in [0.2, 0.25) is 0 Å². The Morgan fingerprint density at radius 3 is 2.95 bits per heavy atom. The molecule has 0 radical (unpaired) electrons. The molecule has 0 amide bonds.